The molecule has 2 aliphatic heterocycles. The summed E-state index contributed by atoms with van der Waals surface area (Å²) in [5, 5.41) is 19.6. The molecule has 0 aromatic heterocycles. The predicted octanol–water partition coefficient (Wildman–Crippen LogP) is 3.35. The zero-order chi connectivity index (χ0) is 21.8. The van der Waals surface area contributed by atoms with Crippen LogP contribution in [0.3, 0.4) is 0 Å². The third-order valence-corrected chi connectivity index (χ3v) is 5.92. The summed E-state index contributed by atoms with van der Waals surface area (Å²) in [5.74, 6) is -0.189. The van der Waals surface area contributed by atoms with Crippen molar-refractivity contribution in [3.05, 3.63) is 64.7 Å². The maximum absolute atomic E-state index is 12.5. The Labute approximate surface area is 180 Å². The lowest BCUT2D eigenvalue weighted by Gasteiger charge is -2.38. The van der Waals surface area contributed by atoms with Gasteiger partial charge < -0.3 is 16.0 Å². The highest BCUT2D eigenvalue weighted by atomic mass is 16.6. The molecule has 3 amide bonds. The van der Waals surface area contributed by atoms with E-state index in [1.807, 2.05) is 30.3 Å². The summed E-state index contributed by atoms with van der Waals surface area (Å²) in [6.07, 6.45) is 3.58. The second-order valence-electron chi connectivity index (χ2n) is 8.05. The predicted molar refractivity (Wildman–Crippen MR) is 117 cm³/mol. The van der Waals surface area contributed by atoms with E-state index in [-0.39, 0.29) is 42.3 Å². The van der Waals surface area contributed by atoms with Crippen LogP contribution >= 0.6 is 0 Å². The molecular formula is C22H25N5O4. The number of anilines is 2. The van der Waals surface area contributed by atoms with Crippen LogP contribution < -0.4 is 16.0 Å². The highest BCUT2D eigenvalue weighted by Crippen LogP contribution is 2.35. The van der Waals surface area contributed by atoms with E-state index >= 15 is 0 Å². The van der Waals surface area contributed by atoms with E-state index in [0.717, 1.165) is 31.4 Å². The number of nitro groups is 1. The number of nitrogens with one attached hydrogen (secondary N) is 3. The lowest BCUT2D eigenvalue weighted by atomic mass is 9.97. The highest BCUT2D eigenvalue weighted by Gasteiger charge is 2.41. The third-order valence-electron chi connectivity index (χ3n) is 5.92. The average Bonchev–Trinajstić information content (AvgIpc) is 2.96. The molecule has 2 aromatic rings. The van der Waals surface area contributed by atoms with Gasteiger partial charge in [0.15, 0.2) is 0 Å². The molecule has 2 aromatic carbocycles. The third kappa shape index (κ3) is 5.18. The Morgan fingerprint density at radius 2 is 1.65 bits per heavy atom. The zero-order valence-corrected chi connectivity index (χ0v) is 17.0. The molecular weight excluding hydrogens is 398 g/mol. The summed E-state index contributed by atoms with van der Waals surface area (Å²) >= 11 is 0. The number of hydrogen-bond donors (Lipinski definition) is 3. The van der Waals surface area contributed by atoms with E-state index in [1.54, 1.807) is 12.1 Å². The van der Waals surface area contributed by atoms with Crippen LogP contribution in [0.4, 0.5) is 21.9 Å². The Hall–Kier alpha value is -3.46. The Morgan fingerprint density at radius 1 is 0.968 bits per heavy atom. The Bertz CT molecular complexity index is 953. The number of piperidine rings is 1. The second-order valence-corrected chi connectivity index (χ2v) is 8.05. The second kappa shape index (κ2) is 9.13. The first kappa shape index (κ1) is 20.8. The van der Waals surface area contributed by atoms with Crippen molar-refractivity contribution in [2.75, 3.05) is 17.2 Å². The molecule has 9 heteroatoms. The van der Waals surface area contributed by atoms with Crippen LogP contribution in [0.15, 0.2) is 54.6 Å². The summed E-state index contributed by atoms with van der Waals surface area (Å²) in [7, 11) is 0. The molecule has 2 unspecified atom stereocenters. The number of non-ortho nitro benzene ring substituents is 1. The molecule has 2 atom stereocenters. The van der Waals surface area contributed by atoms with Crippen LogP contribution in [-0.2, 0) is 4.79 Å². The van der Waals surface area contributed by atoms with Gasteiger partial charge in [-0.2, -0.15) is 0 Å². The van der Waals surface area contributed by atoms with Crippen molar-refractivity contribution in [2.24, 2.45) is 0 Å². The minimum Gasteiger partial charge on any atom is -0.335 e. The quantitative estimate of drug-likeness (QED) is 0.487. The summed E-state index contributed by atoms with van der Waals surface area (Å²) in [4.78, 5) is 37.5. The highest BCUT2D eigenvalue weighted by molar-refractivity contribution is 5.92. The van der Waals surface area contributed by atoms with Gasteiger partial charge in [0, 0.05) is 41.6 Å². The van der Waals surface area contributed by atoms with Gasteiger partial charge in [0.1, 0.15) is 0 Å². The molecule has 0 radical (unpaired) electrons. The van der Waals surface area contributed by atoms with Gasteiger partial charge in [-0.25, -0.2) is 4.79 Å². The Morgan fingerprint density at radius 3 is 2.32 bits per heavy atom. The number of nitrogens with zero attached hydrogens (tertiary/aromatic N) is 2. The van der Waals surface area contributed by atoms with Gasteiger partial charge in [-0.1, -0.05) is 24.3 Å². The molecule has 4 rings (SSSR count). The number of fused-ring (bicyclic) bond motifs is 2. The minimum absolute atomic E-state index is 0.0569. The number of urea groups is 1. The lowest BCUT2D eigenvalue weighted by molar-refractivity contribution is -0.384. The smallest absolute Gasteiger partial charge is 0.319 e. The molecule has 0 aliphatic carbocycles. The first-order valence-electron chi connectivity index (χ1n) is 10.4. The van der Waals surface area contributed by atoms with Crippen LogP contribution in [0.2, 0.25) is 0 Å². The molecule has 0 saturated carbocycles. The van der Waals surface area contributed by atoms with E-state index in [9.17, 15) is 19.7 Å². The zero-order valence-electron chi connectivity index (χ0n) is 17.0. The van der Waals surface area contributed by atoms with Crippen LogP contribution in [0.1, 0.15) is 25.7 Å². The lowest BCUT2D eigenvalue weighted by Crippen LogP contribution is -2.52. The first-order valence-corrected chi connectivity index (χ1v) is 10.4. The maximum Gasteiger partial charge on any atom is 0.319 e. The van der Waals surface area contributed by atoms with Gasteiger partial charge in [0.2, 0.25) is 5.91 Å². The number of benzene rings is 2. The number of rotatable bonds is 6. The van der Waals surface area contributed by atoms with Crippen molar-refractivity contribution in [1.82, 2.24) is 10.2 Å². The average molecular weight is 423 g/mol. The number of para-hydroxylation sites is 1. The molecule has 31 heavy (non-hydrogen) atoms. The molecule has 2 bridgehead atoms. The van der Waals surface area contributed by atoms with Gasteiger partial charge in [-0.3, -0.25) is 19.8 Å². The fourth-order valence-electron chi connectivity index (χ4n) is 4.59. The van der Waals surface area contributed by atoms with Crippen LogP contribution in [-0.4, -0.2) is 46.4 Å². The summed E-state index contributed by atoms with van der Waals surface area (Å²) in [6, 6.07) is 15.6. The van der Waals surface area contributed by atoms with Crippen molar-refractivity contribution in [3.8, 4) is 0 Å². The largest absolute Gasteiger partial charge is 0.335 e. The molecule has 2 saturated heterocycles. The Kier molecular flexibility index (Phi) is 6.13. The monoisotopic (exact) mass is 423 g/mol. The SMILES string of the molecule is O=C(CN1C2CCC1CC(NC(=O)Nc1ccccc1)C2)Nc1cccc([N+](=O)[O-])c1. The molecule has 0 spiro atoms. The van der Waals surface area contributed by atoms with Crippen LogP contribution in [0, 0.1) is 10.1 Å². The Balaban J connectivity index is 1.29. The van der Waals surface area contributed by atoms with Gasteiger partial charge in [0.05, 0.1) is 11.5 Å². The normalized spacial score (nSPS) is 22.5. The van der Waals surface area contributed by atoms with Crippen molar-refractivity contribution in [1.29, 1.82) is 0 Å². The van der Waals surface area contributed by atoms with E-state index in [1.165, 1.54) is 12.1 Å². The molecule has 162 valence electrons. The number of carbonyl (C=O) groups excluding carboxylic acids is 2. The number of hydrogen-bond acceptors (Lipinski definition) is 5. The first-order chi connectivity index (χ1) is 15.0. The number of amides is 3. The summed E-state index contributed by atoms with van der Waals surface area (Å²) < 4.78 is 0. The van der Waals surface area contributed by atoms with Gasteiger partial charge in [-0.15, -0.1) is 0 Å². The van der Waals surface area contributed by atoms with Gasteiger partial charge >= 0.3 is 6.03 Å². The molecule has 2 aliphatic rings. The molecule has 3 N–H and O–H groups in total. The molecule has 9 nitrogen and oxygen atoms in total. The summed E-state index contributed by atoms with van der Waals surface area (Å²) in [5.41, 5.74) is 1.11. The molecule has 2 fully saturated rings. The van der Waals surface area contributed by atoms with Crippen molar-refractivity contribution < 1.29 is 14.5 Å². The maximum atomic E-state index is 12.5. The van der Waals surface area contributed by atoms with Crippen molar-refractivity contribution >= 4 is 29.0 Å². The van der Waals surface area contributed by atoms with Gasteiger partial charge in [0.25, 0.3) is 5.69 Å². The van der Waals surface area contributed by atoms with Crippen molar-refractivity contribution in [2.45, 2.75) is 43.8 Å². The fourth-order valence-corrected chi connectivity index (χ4v) is 4.59. The summed E-state index contributed by atoms with van der Waals surface area (Å²) in [6.45, 7) is 0.237. The standard InChI is InChI=1S/C22H25N5O4/c28-21(23-16-7-4-8-20(11-16)27(30)31)14-26-18-9-10-19(26)13-17(12-18)25-22(29)24-15-5-2-1-3-6-15/h1-8,11,17-19H,9-10,12-14H2,(H,23,28)(H2,24,25,29). The number of nitro benzene ring substituents is 1. The van der Waals surface area contributed by atoms with E-state index < -0.39 is 4.92 Å². The van der Waals surface area contributed by atoms with Crippen LogP contribution in [0.5, 0.6) is 0 Å². The van der Waals surface area contributed by atoms with E-state index in [0.29, 0.717) is 5.69 Å². The molecule has 2 heterocycles. The minimum atomic E-state index is -0.485. The number of carbonyl (C=O) groups is 2. The van der Waals surface area contributed by atoms with Crippen molar-refractivity contribution in [3.63, 3.8) is 0 Å². The topological polar surface area (TPSA) is 117 Å². The van der Waals surface area contributed by atoms with Gasteiger partial charge in [-0.05, 0) is 43.9 Å². The van der Waals surface area contributed by atoms with E-state index in [2.05, 4.69) is 20.9 Å². The van der Waals surface area contributed by atoms with Crippen LogP contribution in [0.25, 0.3) is 0 Å². The fraction of sp³-hybridized carbons (Fsp3) is 0.364. The van der Waals surface area contributed by atoms with E-state index in [4.69, 9.17) is 0 Å².